The van der Waals surface area contributed by atoms with Crippen molar-refractivity contribution in [2.45, 2.75) is 6.54 Å². The van der Waals surface area contributed by atoms with E-state index in [-0.39, 0.29) is 11.7 Å². The van der Waals surface area contributed by atoms with E-state index in [0.29, 0.717) is 32.7 Å². The number of nitrogens with one attached hydrogen (secondary N) is 1. The Labute approximate surface area is 159 Å². The number of carbonyl (C=O) groups is 1. The monoisotopic (exact) mass is 385 g/mol. The highest BCUT2D eigenvalue weighted by Crippen LogP contribution is 2.20. The first-order valence-corrected chi connectivity index (χ1v) is 8.82. The molecule has 10 nitrogen and oxygen atoms in total. The Morgan fingerprint density at radius 2 is 2.07 bits per heavy atom. The van der Waals surface area contributed by atoms with E-state index in [1.54, 1.807) is 12.0 Å². The summed E-state index contributed by atoms with van der Waals surface area (Å²) in [5, 5.41) is 10.7. The van der Waals surface area contributed by atoms with Crippen molar-refractivity contribution in [3.8, 4) is 5.75 Å². The third kappa shape index (κ3) is 3.54. The average Bonchev–Trinajstić information content (AvgIpc) is 3.34. The van der Waals surface area contributed by atoms with Crippen LogP contribution in [0.5, 0.6) is 5.75 Å². The maximum Gasteiger partial charge on any atom is 0.433 e. The minimum atomic E-state index is -0.655. The van der Waals surface area contributed by atoms with Gasteiger partial charge in [-0.25, -0.2) is 4.98 Å². The van der Waals surface area contributed by atoms with Crippen LogP contribution in [0.25, 0.3) is 11.0 Å². The largest absolute Gasteiger partial charge is 0.497 e. The Hall–Kier alpha value is -3.40. The average molecular weight is 385 g/mol. The molecule has 146 valence electrons. The number of nitro groups is 1. The second kappa shape index (κ2) is 7.31. The number of carbonyl (C=O) groups excluding carboxylic acids is 1. The second-order valence-electron chi connectivity index (χ2n) is 6.53. The van der Waals surface area contributed by atoms with Gasteiger partial charge in [-0.2, -0.15) is 0 Å². The van der Waals surface area contributed by atoms with Crippen LogP contribution in [0.2, 0.25) is 0 Å². The van der Waals surface area contributed by atoms with Gasteiger partial charge in [0.2, 0.25) is 0 Å². The highest BCUT2D eigenvalue weighted by Gasteiger charge is 2.26. The van der Waals surface area contributed by atoms with Crippen molar-refractivity contribution in [2.24, 2.45) is 0 Å². The number of methoxy groups -OCH3 is 1. The summed E-state index contributed by atoms with van der Waals surface area (Å²) in [4.78, 5) is 34.2. The molecule has 10 heteroatoms. The fraction of sp³-hybridized carbons (Fsp3) is 0.333. The normalized spacial score (nSPS) is 15.1. The standard InChI is InChI=1S/C18H19N5O5/c1-27-12-2-3-13-14(10-12)20-16(19-13)11-21-6-8-22(9-7-21)18(24)15-4-5-17(28-15)23(25)26/h2-5,10H,6-9,11H2,1H3,(H,19,20). The molecule has 1 aliphatic rings. The van der Waals surface area contributed by atoms with Crippen molar-refractivity contribution in [2.75, 3.05) is 33.3 Å². The molecule has 0 unspecified atom stereocenters. The van der Waals surface area contributed by atoms with Crippen molar-refractivity contribution in [1.29, 1.82) is 0 Å². The van der Waals surface area contributed by atoms with E-state index in [1.165, 1.54) is 12.1 Å². The quantitative estimate of drug-likeness (QED) is 0.527. The number of fused-ring (bicyclic) bond motifs is 1. The fourth-order valence-electron chi connectivity index (χ4n) is 3.26. The summed E-state index contributed by atoms with van der Waals surface area (Å²) in [7, 11) is 1.63. The van der Waals surface area contributed by atoms with Gasteiger partial charge in [0.1, 0.15) is 16.5 Å². The molecule has 1 aliphatic heterocycles. The highest BCUT2D eigenvalue weighted by molar-refractivity contribution is 5.91. The van der Waals surface area contributed by atoms with E-state index in [0.717, 1.165) is 22.6 Å². The van der Waals surface area contributed by atoms with Crippen LogP contribution < -0.4 is 4.74 Å². The molecule has 2 aromatic heterocycles. The number of amides is 1. The number of aromatic amines is 1. The fourth-order valence-corrected chi connectivity index (χ4v) is 3.26. The predicted octanol–water partition coefficient (Wildman–Crippen LogP) is 2.03. The molecule has 28 heavy (non-hydrogen) atoms. The third-order valence-corrected chi connectivity index (χ3v) is 4.75. The Morgan fingerprint density at radius 3 is 2.75 bits per heavy atom. The SMILES string of the molecule is COc1ccc2nc(CN3CCN(C(=O)c4ccc([N+](=O)[O-])o4)CC3)[nH]c2c1. The number of imidazole rings is 1. The molecule has 0 bridgehead atoms. The van der Waals surface area contributed by atoms with Gasteiger partial charge in [-0.3, -0.25) is 19.8 Å². The number of piperazine rings is 1. The van der Waals surface area contributed by atoms with Gasteiger partial charge in [0.25, 0.3) is 5.91 Å². The van der Waals surface area contributed by atoms with Crippen LogP contribution in [0.3, 0.4) is 0 Å². The first-order chi connectivity index (χ1) is 13.5. The van der Waals surface area contributed by atoms with Crippen LogP contribution in [0.15, 0.2) is 34.7 Å². The predicted molar refractivity (Wildman–Crippen MR) is 99.2 cm³/mol. The van der Waals surface area contributed by atoms with Gasteiger partial charge in [-0.05, 0) is 18.2 Å². The topological polar surface area (TPSA) is 118 Å². The van der Waals surface area contributed by atoms with Crippen molar-refractivity contribution < 1.29 is 18.9 Å². The van der Waals surface area contributed by atoms with E-state index < -0.39 is 10.8 Å². The molecule has 1 saturated heterocycles. The van der Waals surface area contributed by atoms with E-state index in [9.17, 15) is 14.9 Å². The molecule has 0 saturated carbocycles. The Bertz CT molecular complexity index is 1020. The van der Waals surface area contributed by atoms with Crippen molar-refractivity contribution in [3.63, 3.8) is 0 Å². The van der Waals surface area contributed by atoms with Crippen molar-refractivity contribution in [3.05, 3.63) is 52.0 Å². The molecule has 1 aromatic carbocycles. The number of aromatic nitrogens is 2. The molecule has 0 aliphatic carbocycles. The maximum atomic E-state index is 12.4. The van der Waals surface area contributed by atoms with E-state index in [4.69, 9.17) is 9.15 Å². The molecule has 0 atom stereocenters. The van der Waals surface area contributed by atoms with E-state index >= 15 is 0 Å². The van der Waals surface area contributed by atoms with Crippen molar-refractivity contribution >= 4 is 22.8 Å². The first kappa shape index (κ1) is 18.0. The number of H-pyrrole nitrogens is 1. The number of benzene rings is 1. The Morgan fingerprint density at radius 1 is 1.29 bits per heavy atom. The second-order valence-corrected chi connectivity index (χ2v) is 6.53. The zero-order valence-corrected chi connectivity index (χ0v) is 15.3. The minimum absolute atomic E-state index is 0.00798. The van der Waals surface area contributed by atoms with Gasteiger partial charge in [0.05, 0.1) is 30.8 Å². The molecule has 1 N–H and O–H groups in total. The van der Waals surface area contributed by atoms with Gasteiger partial charge in [-0.15, -0.1) is 0 Å². The number of ether oxygens (including phenoxy) is 1. The molecule has 3 aromatic rings. The van der Waals surface area contributed by atoms with Gasteiger partial charge >= 0.3 is 5.88 Å². The van der Waals surface area contributed by atoms with Crippen LogP contribution in [-0.4, -0.2) is 63.9 Å². The lowest BCUT2D eigenvalue weighted by atomic mass is 10.3. The molecular formula is C18H19N5O5. The number of hydrogen-bond acceptors (Lipinski definition) is 7. The molecule has 3 heterocycles. The van der Waals surface area contributed by atoms with Crippen LogP contribution in [0.4, 0.5) is 5.88 Å². The lowest BCUT2D eigenvalue weighted by Crippen LogP contribution is -2.48. The smallest absolute Gasteiger partial charge is 0.433 e. The van der Waals surface area contributed by atoms with Crippen LogP contribution in [0, 0.1) is 10.1 Å². The molecular weight excluding hydrogens is 366 g/mol. The summed E-state index contributed by atoms with van der Waals surface area (Å²) in [5.74, 6) is 0.858. The maximum absolute atomic E-state index is 12.4. The van der Waals surface area contributed by atoms with E-state index in [2.05, 4.69) is 14.9 Å². The zero-order valence-electron chi connectivity index (χ0n) is 15.3. The summed E-state index contributed by atoms with van der Waals surface area (Å²) < 4.78 is 10.2. The summed E-state index contributed by atoms with van der Waals surface area (Å²) in [6.07, 6.45) is 0. The van der Waals surface area contributed by atoms with Crippen LogP contribution >= 0.6 is 0 Å². The van der Waals surface area contributed by atoms with Gasteiger partial charge in [0.15, 0.2) is 5.76 Å². The Balaban J connectivity index is 1.36. The van der Waals surface area contributed by atoms with Gasteiger partial charge < -0.3 is 19.0 Å². The zero-order chi connectivity index (χ0) is 19.7. The molecule has 0 spiro atoms. The van der Waals surface area contributed by atoms with Gasteiger partial charge in [-0.1, -0.05) is 0 Å². The lowest BCUT2D eigenvalue weighted by Gasteiger charge is -2.33. The van der Waals surface area contributed by atoms with Gasteiger partial charge in [0, 0.05) is 32.2 Å². The molecule has 1 fully saturated rings. The summed E-state index contributed by atoms with van der Waals surface area (Å²) >= 11 is 0. The summed E-state index contributed by atoms with van der Waals surface area (Å²) in [6, 6.07) is 8.23. The third-order valence-electron chi connectivity index (χ3n) is 4.75. The summed E-state index contributed by atoms with van der Waals surface area (Å²) in [5.41, 5.74) is 1.80. The number of nitrogens with zero attached hydrogens (tertiary/aromatic N) is 4. The van der Waals surface area contributed by atoms with Crippen LogP contribution in [-0.2, 0) is 6.54 Å². The Kier molecular flexibility index (Phi) is 4.70. The first-order valence-electron chi connectivity index (χ1n) is 8.82. The minimum Gasteiger partial charge on any atom is -0.497 e. The number of furan rings is 1. The van der Waals surface area contributed by atoms with E-state index in [1.807, 2.05) is 18.2 Å². The molecule has 0 radical (unpaired) electrons. The van der Waals surface area contributed by atoms with Crippen molar-refractivity contribution in [1.82, 2.24) is 19.8 Å². The molecule has 1 amide bonds. The number of hydrogen-bond donors (Lipinski definition) is 1. The molecule has 4 rings (SSSR count). The number of rotatable bonds is 5. The lowest BCUT2D eigenvalue weighted by molar-refractivity contribution is -0.402. The summed E-state index contributed by atoms with van der Waals surface area (Å²) in [6.45, 7) is 3.03. The van der Waals surface area contributed by atoms with Crippen LogP contribution in [0.1, 0.15) is 16.4 Å². The highest BCUT2D eigenvalue weighted by atomic mass is 16.6.